The molecule has 25 heavy (non-hydrogen) atoms. The SMILES string of the molecule is C#CCOc1cc(CNC(=NC)N(C)CCCC=C)ccc1OC.I. The Balaban J connectivity index is 0.00000576. The van der Waals surface area contributed by atoms with Crippen molar-refractivity contribution in [3.8, 4) is 23.8 Å². The summed E-state index contributed by atoms with van der Waals surface area (Å²) >= 11 is 0. The van der Waals surface area contributed by atoms with E-state index in [-0.39, 0.29) is 30.6 Å². The van der Waals surface area contributed by atoms with Crippen LogP contribution in [0.1, 0.15) is 18.4 Å². The summed E-state index contributed by atoms with van der Waals surface area (Å²) in [5.41, 5.74) is 1.06. The molecule has 0 aromatic heterocycles. The topological polar surface area (TPSA) is 46.1 Å². The van der Waals surface area contributed by atoms with E-state index < -0.39 is 0 Å². The molecule has 6 heteroatoms. The number of methoxy groups -OCH3 is 1. The van der Waals surface area contributed by atoms with Gasteiger partial charge in [0.2, 0.25) is 0 Å². The molecule has 0 fully saturated rings. The van der Waals surface area contributed by atoms with E-state index in [1.165, 1.54) is 0 Å². The zero-order valence-corrected chi connectivity index (χ0v) is 17.6. The van der Waals surface area contributed by atoms with Crippen molar-refractivity contribution in [1.29, 1.82) is 0 Å². The molecule has 0 bridgehead atoms. The summed E-state index contributed by atoms with van der Waals surface area (Å²) in [6.45, 7) is 5.51. The first-order valence-electron chi connectivity index (χ1n) is 7.92. The molecular formula is C19H28IN3O2. The fourth-order valence-electron chi connectivity index (χ4n) is 2.21. The number of halogens is 1. The molecule has 0 saturated carbocycles. The minimum absolute atomic E-state index is 0. The summed E-state index contributed by atoms with van der Waals surface area (Å²) in [5.74, 6) is 4.62. The summed E-state index contributed by atoms with van der Waals surface area (Å²) in [6.07, 6.45) is 9.22. The molecule has 1 N–H and O–H groups in total. The minimum Gasteiger partial charge on any atom is -0.493 e. The molecule has 0 aliphatic carbocycles. The molecule has 0 spiro atoms. The number of rotatable bonds is 9. The smallest absolute Gasteiger partial charge is 0.193 e. The van der Waals surface area contributed by atoms with Crippen LogP contribution < -0.4 is 14.8 Å². The van der Waals surface area contributed by atoms with Crippen LogP contribution in [0.2, 0.25) is 0 Å². The number of ether oxygens (including phenoxy) is 2. The van der Waals surface area contributed by atoms with E-state index in [1.54, 1.807) is 14.2 Å². The van der Waals surface area contributed by atoms with Crippen molar-refractivity contribution in [2.75, 3.05) is 34.4 Å². The van der Waals surface area contributed by atoms with Crippen LogP contribution in [0.5, 0.6) is 11.5 Å². The lowest BCUT2D eigenvalue weighted by atomic mass is 10.2. The van der Waals surface area contributed by atoms with Crippen LogP contribution in [0, 0.1) is 12.3 Å². The van der Waals surface area contributed by atoms with Crippen LogP contribution in [-0.2, 0) is 6.54 Å². The van der Waals surface area contributed by atoms with Gasteiger partial charge in [0.05, 0.1) is 7.11 Å². The molecule has 0 amide bonds. The van der Waals surface area contributed by atoms with Gasteiger partial charge < -0.3 is 19.7 Å². The van der Waals surface area contributed by atoms with Gasteiger partial charge in [-0.05, 0) is 30.5 Å². The second kappa shape index (κ2) is 13.4. The zero-order chi connectivity index (χ0) is 17.8. The third-order valence-electron chi connectivity index (χ3n) is 3.46. The van der Waals surface area contributed by atoms with Gasteiger partial charge in [-0.2, -0.15) is 0 Å². The molecule has 0 heterocycles. The van der Waals surface area contributed by atoms with E-state index in [0.717, 1.165) is 30.9 Å². The quantitative estimate of drug-likeness (QED) is 0.154. The van der Waals surface area contributed by atoms with Gasteiger partial charge in [-0.1, -0.05) is 18.1 Å². The maximum Gasteiger partial charge on any atom is 0.193 e. The van der Waals surface area contributed by atoms with Crippen LogP contribution >= 0.6 is 24.0 Å². The maximum atomic E-state index is 5.52. The maximum absolute atomic E-state index is 5.52. The highest BCUT2D eigenvalue weighted by atomic mass is 127. The number of terminal acetylenes is 1. The summed E-state index contributed by atoms with van der Waals surface area (Å²) in [5, 5.41) is 3.35. The van der Waals surface area contributed by atoms with Gasteiger partial charge in [0, 0.05) is 27.2 Å². The van der Waals surface area contributed by atoms with Crippen molar-refractivity contribution in [2.45, 2.75) is 19.4 Å². The summed E-state index contributed by atoms with van der Waals surface area (Å²) in [6, 6.07) is 5.78. The number of allylic oxidation sites excluding steroid dienone is 1. The fraction of sp³-hybridized carbons (Fsp3) is 0.421. The Morgan fingerprint density at radius 1 is 1.44 bits per heavy atom. The van der Waals surface area contributed by atoms with E-state index in [9.17, 15) is 0 Å². The Morgan fingerprint density at radius 2 is 2.20 bits per heavy atom. The lowest BCUT2D eigenvalue weighted by Gasteiger charge is -2.22. The average molecular weight is 457 g/mol. The van der Waals surface area contributed by atoms with Gasteiger partial charge in [0.15, 0.2) is 17.5 Å². The molecule has 0 aliphatic rings. The molecule has 1 rings (SSSR count). The Morgan fingerprint density at radius 3 is 2.80 bits per heavy atom. The Bertz CT molecular complexity index is 597. The summed E-state index contributed by atoms with van der Waals surface area (Å²) in [7, 11) is 5.41. The molecule has 5 nitrogen and oxygen atoms in total. The largest absolute Gasteiger partial charge is 0.493 e. The Hall–Kier alpha value is -1.88. The number of guanidine groups is 1. The van der Waals surface area contributed by atoms with Crippen molar-refractivity contribution in [3.05, 3.63) is 36.4 Å². The van der Waals surface area contributed by atoms with E-state index in [4.69, 9.17) is 15.9 Å². The van der Waals surface area contributed by atoms with Crippen molar-refractivity contribution >= 4 is 29.9 Å². The van der Waals surface area contributed by atoms with Crippen molar-refractivity contribution < 1.29 is 9.47 Å². The van der Waals surface area contributed by atoms with Gasteiger partial charge in [0.25, 0.3) is 0 Å². The predicted octanol–water partition coefficient (Wildman–Crippen LogP) is 3.30. The second-order valence-electron chi connectivity index (χ2n) is 5.23. The summed E-state index contributed by atoms with van der Waals surface area (Å²) < 4.78 is 10.8. The van der Waals surface area contributed by atoms with E-state index in [0.29, 0.717) is 18.0 Å². The molecule has 1 aromatic rings. The Labute approximate surface area is 168 Å². The fourth-order valence-corrected chi connectivity index (χ4v) is 2.21. The van der Waals surface area contributed by atoms with Crippen LogP contribution in [0.4, 0.5) is 0 Å². The van der Waals surface area contributed by atoms with Crippen molar-refractivity contribution in [1.82, 2.24) is 10.2 Å². The van der Waals surface area contributed by atoms with Crippen LogP contribution in [0.3, 0.4) is 0 Å². The van der Waals surface area contributed by atoms with Gasteiger partial charge in [0.1, 0.15) is 6.61 Å². The van der Waals surface area contributed by atoms with Gasteiger partial charge >= 0.3 is 0 Å². The van der Waals surface area contributed by atoms with E-state index >= 15 is 0 Å². The minimum atomic E-state index is 0. The van der Waals surface area contributed by atoms with Gasteiger partial charge in [-0.3, -0.25) is 4.99 Å². The second-order valence-corrected chi connectivity index (χ2v) is 5.23. The number of hydrogen-bond donors (Lipinski definition) is 1. The van der Waals surface area contributed by atoms with Gasteiger partial charge in [-0.25, -0.2) is 0 Å². The molecule has 0 radical (unpaired) electrons. The van der Waals surface area contributed by atoms with E-state index in [1.807, 2.05) is 31.3 Å². The molecule has 0 atom stereocenters. The number of unbranched alkanes of at least 4 members (excludes halogenated alkanes) is 1. The molecule has 1 aromatic carbocycles. The highest BCUT2D eigenvalue weighted by Gasteiger charge is 2.08. The third kappa shape index (κ3) is 8.16. The average Bonchev–Trinajstić information content (AvgIpc) is 2.60. The monoisotopic (exact) mass is 457 g/mol. The number of aliphatic imine (C=N–C) groups is 1. The first kappa shape index (κ1) is 23.1. The molecule has 0 aliphatic heterocycles. The predicted molar refractivity (Wildman–Crippen MR) is 115 cm³/mol. The lowest BCUT2D eigenvalue weighted by molar-refractivity contribution is 0.330. The number of nitrogens with one attached hydrogen (secondary N) is 1. The highest BCUT2D eigenvalue weighted by molar-refractivity contribution is 14.0. The standard InChI is InChI=1S/C19H27N3O2.HI/c1-6-8-9-12-22(4)19(20-3)21-15-16-10-11-17(23-5)18(14-16)24-13-7-2;/h2,6,10-11,14H,1,8-9,12-13,15H2,3-5H3,(H,20,21);1H. The molecule has 0 unspecified atom stereocenters. The number of hydrogen-bond acceptors (Lipinski definition) is 3. The Kier molecular flexibility index (Phi) is 12.4. The highest BCUT2D eigenvalue weighted by Crippen LogP contribution is 2.27. The van der Waals surface area contributed by atoms with Crippen molar-refractivity contribution in [2.24, 2.45) is 4.99 Å². The number of nitrogens with zero attached hydrogens (tertiary/aromatic N) is 2. The third-order valence-corrected chi connectivity index (χ3v) is 3.46. The molecular weight excluding hydrogens is 429 g/mol. The van der Waals surface area contributed by atoms with Gasteiger partial charge in [-0.15, -0.1) is 37.0 Å². The normalized spacial score (nSPS) is 10.2. The zero-order valence-electron chi connectivity index (χ0n) is 15.2. The van der Waals surface area contributed by atoms with E-state index in [2.05, 4.69) is 27.7 Å². The molecule has 0 saturated heterocycles. The summed E-state index contributed by atoms with van der Waals surface area (Å²) in [4.78, 5) is 6.41. The first-order chi connectivity index (χ1) is 11.7. The molecule has 138 valence electrons. The van der Waals surface area contributed by atoms with Crippen molar-refractivity contribution in [3.63, 3.8) is 0 Å². The first-order valence-corrected chi connectivity index (χ1v) is 7.92. The van der Waals surface area contributed by atoms with Crippen LogP contribution in [0.15, 0.2) is 35.8 Å². The number of benzene rings is 1. The lowest BCUT2D eigenvalue weighted by Crippen LogP contribution is -2.38. The van der Waals surface area contributed by atoms with Crippen LogP contribution in [-0.4, -0.2) is 45.2 Å². The van der Waals surface area contributed by atoms with Crippen LogP contribution in [0.25, 0.3) is 0 Å².